The van der Waals surface area contributed by atoms with E-state index in [1.54, 1.807) is 18.2 Å². The number of carbonyl (C=O) groups excluding carboxylic acids is 1. The number of benzene rings is 2. The molecule has 2 aromatic carbocycles. The molecule has 1 aliphatic rings. The number of para-hydroxylation sites is 1. The monoisotopic (exact) mass is 342 g/mol. The molecular formula is C18H18N2O3S. The fraction of sp³-hybridized carbons (Fsp3) is 0.167. The average Bonchev–Trinajstić information content (AvgIpc) is 2.90. The highest BCUT2D eigenvalue weighted by Gasteiger charge is 2.31. The number of urea groups is 1. The number of sulfone groups is 1. The van der Waals surface area contributed by atoms with Gasteiger partial charge in [-0.1, -0.05) is 35.9 Å². The van der Waals surface area contributed by atoms with Crippen LogP contribution in [0.4, 0.5) is 16.2 Å². The highest BCUT2D eigenvalue weighted by Crippen LogP contribution is 2.24. The molecule has 1 aliphatic heterocycles. The highest BCUT2D eigenvalue weighted by molar-refractivity contribution is 7.94. The van der Waals surface area contributed by atoms with Gasteiger partial charge in [0.15, 0.2) is 9.84 Å². The van der Waals surface area contributed by atoms with Crippen molar-refractivity contribution in [2.45, 2.75) is 13.0 Å². The van der Waals surface area contributed by atoms with Gasteiger partial charge in [-0.05, 0) is 37.3 Å². The SMILES string of the molecule is Cc1ccc(N(C(=O)Nc2ccccc2)[C@@H]2C=CS(=O)(=O)C2)cc1. The Labute approximate surface area is 141 Å². The number of rotatable bonds is 3. The number of hydrogen-bond donors (Lipinski definition) is 1. The van der Waals surface area contributed by atoms with E-state index in [2.05, 4.69) is 5.32 Å². The highest BCUT2D eigenvalue weighted by atomic mass is 32.2. The van der Waals surface area contributed by atoms with Crippen LogP contribution in [0.3, 0.4) is 0 Å². The van der Waals surface area contributed by atoms with Crippen LogP contribution >= 0.6 is 0 Å². The second-order valence-electron chi connectivity index (χ2n) is 5.73. The number of amides is 2. The van der Waals surface area contributed by atoms with Crippen LogP contribution in [0, 0.1) is 6.92 Å². The third-order valence-electron chi connectivity index (χ3n) is 3.80. The zero-order valence-electron chi connectivity index (χ0n) is 13.2. The number of aryl methyl sites for hydroxylation is 1. The summed E-state index contributed by atoms with van der Waals surface area (Å²) in [5, 5.41) is 3.99. The van der Waals surface area contributed by atoms with Gasteiger partial charge in [0.25, 0.3) is 0 Å². The Morgan fingerprint density at radius 1 is 1.08 bits per heavy atom. The zero-order valence-corrected chi connectivity index (χ0v) is 14.0. The molecule has 24 heavy (non-hydrogen) atoms. The van der Waals surface area contributed by atoms with Crippen molar-refractivity contribution < 1.29 is 13.2 Å². The first-order chi connectivity index (χ1) is 11.4. The third-order valence-corrected chi connectivity index (χ3v) is 5.18. The number of hydrogen-bond acceptors (Lipinski definition) is 3. The maximum absolute atomic E-state index is 12.8. The predicted molar refractivity (Wildman–Crippen MR) is 95.8 cm³/mol. The molecule has 0 fully saturated rings. The molecule has 2 aromatic rings. The molecule has 0 spiro atoms. The largest absolute Gasteiger partial charge is 0.326 e. The van der Waals surface area contributed by atoms with Gasteiger partial charge in [-0.15, -0.1) is 0 Å². The van der Waals surface area contributed by atoms with Crippen molar-refractivity contribution in [3.8, 4) is 0 Å². The normalized spacial score (nSPS) is 18.3. The molecule has 0 bridgehead atoms. The molecule has 3 rings (SSSR count). The Kier molecular flexibility index (Phi) is 4.40. The van der Waals surface area contributed by atoms with E-state index in [4.69, 9.17) is 0 Å². The lowest BCUT2D eigenvalue weighted by Gasteiger charge is -2.28. The molecule has 5 nitrogen and oxygen atoms in total. The fourth-order valence-corrected chi connectivity index (χ4v) is 3.86. The maximum atomic E-state index is 12.8. The first-order valence-corrected chi connectivity index (χ1v) is 9.29. The van der Waals surface area contributed by atoms with Crippen molar-refractivity contribution in [2.24, 2.45) is 0 Å². The van der Waals surface area contributed by atoms with Gasteiger partial charge in [0, 0.05) is 16.8 Å². The number of carbonyl (C=O) groups is 1. The van der Waals surface area contributed by atoms with Crippen molar-refractivity contribution in [1.82, 2.24) is 0 Å². The second kappa shape index (κ2) is 6.49. The number of nitrogens with one attached hydrogen (secondary N) is 1. The summed E-state index contributed by atoms with van der Waals surface area (Å²) in [5.41, 5.74) is 2.38. The van der Waals surface area contributed by atoms with Gasteiger partial charge in [0.05, 0.1) is 11.8 Å². The van der Waals surface area contributed by atoms with E-state index < -0.39 is 15.9 Å². The van der Waals surface area contributed by atoms with Gasteiger partial charge in [-0.2, -0.15) is 0 Å². The van der Waals surface area contributed by atoms with E-state index in [0.29, 0.717) is 11.4 Å². The van der Waals surface area contributed by atoms with Crippen LogP contribution in [0.15, 0.2) is 66.1 Å². The van der Waals surface area contributed by atoms with Gasteiger partial charge in [0.2, 0.25) is 0 Å². The molecule has 1 N–H and O–H groups in total. The Balaban J connectivity index is 1.91. The predicted octanol–water partition coefficient (Wildman–Crippen LogP) is 3.34. The minimum Gasteiger partial charge on any atom is -0.308 e. The number of nitrogens with zero attached hydrogens (tertiary/aromatic N) is 1. The van der Waals surface area contributed by atoms with Gasteiger partial charge in [-0.3, -0.25) is 4.90 Å². The molecule has 1 atom stereocenters. The zero-order chi connectivity index (χ0) is 17.2. The molecule has 0 aromatic heterocycles. The Morgan fingerprint density at radius 3 is 2.33 bits per heavy atom. The van der Waals surface area contributed by atoms with Crippen molar-refractivity contribution >= 4 is 27.2 Å². The van der Waals surface area contributed by atoms with E-state index in [9.17, 15) is 13.2 Å². The third kappa shape index (κ3) is 3.65. The van der Waals surface area contributed by atoms with E-state index >= 15 is 0 Å². The molecule has 0 aliphatic carbocycles. The van der Waals surface area contributed by atoms with Gasteiger partial charge < -0.3 is 5.32 Å². The lowest BCUT2D eigenvalue weighted by Crippen LogP contribution is -2.43. The summed E-state index contributed by atoms with van der Waals surface area (Å²) >= 11 is 0. The van der Waals surface area contributed by atoms with E-state index in [1.807, 2.05) is 49.4 Å². The molecule has 0 saturated carbocycles. The molecule has 1 heterocycles. The molecule has 0 radical (unpaired) electrons. The minimum atomic E-state index is -3.27. The van der Waals surface area contributed by atoms with Crippen LogP contribution in [0.1, 0.15) is 5.56 Å². The van der Waals surface area contributed by atoms with Gasteiger partial charge in [0.1, 0.15) is 0 Å². The Hall–Kier alpha value is -2.60. The maximum Gasteiger partial charge on any atom is 0.326 e. The summed E-state index contributed by atoms with van der Waals surface area (Å²) in [7, 11) is -3.27. The van der Waals surface area contributed by atoms with Crippen LogP contribution < -0.4 is 10.2 Å². The Morgan fingerprint density at radius 2 is 1.75 bits per heavy atom. The quantitative estimate of drug-likeness (QED) is 0.930. The van der Waals surface area contributed by atoms with Crippen molar-refractivity contribution in [3.05, 3.63) is 71.6 Å². The first kappa shape index (κ1) is 16.3. The van der Waals surface area contributed by atoms with E-state index in [0.717, 1.165) is 5.56 Å². The molecule has 2 amide bonds. The van der Waals surface area contributed by atoms with Crippen LogP contribution in [0.2, 0.25) is 0 Å². The lowest BCUT2D eigenvalue weighted by atomic mass is 10.2. The van der Waals surface area contributed by atoms with Crippen LogP contribution in [0.5, 0.6) is 0 Å². The second-order valence-corrected chi connectivity index (χ2v) is 7.66. The summed E-state index contributed by atoms with van der Waals surface area (Å²) in [6.07, 6.45) is 1.56. The topological polar surface area (TPSA) is 66.5 Å². The smallest absolute Gasteiger partial charge is 0.308 e. The molecule has 0 unspecified atom stereocenters. The average molecular weight is 342 g/mol. The molecule has 0 saturated heterocycles. The number of anilines is 2. The Bertz CT molecular complexity index is 859. The summed E-state index contributed by atoms with van der Waals surface area (Å²) in [4.78, 5) is 14.3. The van der Waals surface area contributed by atoms with E-state index in [-0.39, 0.29) is 11.8 Å². The molecule has 124 valence electrons. The standard InChI is InChI=1S/C18H18N2O3S/c1-14-7-9-16(10-8-14)20(17-11-12-24(22,23)13-17)18(21)19-15-5-3-2-4-6-15/h2-12,17H,13H2,1H3,(H,19,21)/t17-/m1/s1. The van der Waals surface area contributed by atoms with Gasteiger partial charge in [-0.25, -0.2) is 13.2 Å². The fourth-order valence-electron chi connectivity index (χ4n) is 2.59. The lowest BCUT2D eigenvalue weighted by molar-refractivity contribution is 0.256. The van der Waals surface area contributed by atoms with Crippen molar-refractivity contribution in [1.29, 1.82) is 0 Å². The molecular weight excluding hydrogens is 324 g/mol. The minimum absolute atomic E-state index is 0.108. The molecule has 6 heteroatoms. The first-order valence-electron chi connectivity index (χ1n) is 7.57. The van der Waals surface area contributed by atoms with Crippen LogP contribution in [-0.4, -0.2) is 26.2 Å². The van der Waals surface area contributed by atoms with Crippen LogP contribution in [0.25, 0.3) is 0 Å². The summed E-state index contributed by atoms with van der Waals surface area (Å²) in [6.45, 7) is 1.96. The summed E-state index contributed by atoms with van der Waals surface area (Å²) in [6, 6.07) is 15.6. The van der Waals surface area contributed by atoms with Gasteiger partial charge >= 0.3 is 6.03 Å². The summed E-state index contributed by atoms with van der Waals surface area (Å²) < 4.78 is 23.5. The summed E-state index contributed by atoms with van der Waals surface area (Å²) in [5.74, 6) is -0.108. The van der Waals surface area contributed by atoms with Crippen LogP contribution in [-0.2, 0) is 9.84 Å². The van der Waals surface area contributed by atoms with Crippen molar-refractivity contribution in [2.75, 3.05) is 16.0 Å². The van der Waals surface area contributed by atoms with Crippen molar-refractivity contribution in [3.63, 3.8) is 0 Å². The van der Waals surface area contributed by atoms with E-state index in [1.165, 1.54) is 10.3 Å².